The van der Waals surface area contributed by atoms with Gasteiger partial charge >= 0.3 is 0 Å². The number of anilines is 1. The fraction of sp³-hybridized carbons (Fsp3) is 0.211. The second kappa shape index (κ2) is 6.19. The summed E-state index contributed by atoms with van der Waals surface area (Å²) in [4.78, 5) is 26.3. The second-order valence-electron chi connectivity index (χ2n) is 5.96. The van der Waals surface area contributed by atoms with E-state index in [1.807, 2.05) is 0 Å². The molecule has 0 bridgehead atoms. The summed E-state index contributed by atoms with van der Waals surface area (Å²) in [6, 6.07) is 8.99. The molecule has 25 heavy (non-hydrogen) atoms. The van der Waals surface area contributed by atoms with Crippen LogP contribution in [0.4, 0.5) is 5.00 Å². The number of nitrogens with one attached hydrogen (secondary N) is 1. The molecule has 0 spiro atoms. The highest BCUT2D eigenvalue weighted by Crippen LogP contribution is 2.37. The van der Waals surface area contributed by atoms with Crippen LogP contribution >= 0.6 is 11.3 Å². The lowest BCUT2D eigenvalue weighted by atomic mass is 9.96. The molecule has 1 aliphatic carbocycles. The van der Waals surface area contributed by atoms with E-state index >= 15 is 0 Å². The summed E-state index contributed by atoms with van der Waals surface area (Å²) in [7, 11) is 0. The first-order valence-corrected chi connectivity index (χ1v) is 8.87. The molecule has 0 saturated carbocycles. The first kappa shape index (κ1) is 15.6. The molecule has 0 fully saturated rings. The van der Waals surface area contributed by atoms with Crippen LogP contribution in [0, 0.1) is 11.3 Å². The Balaban J connectivity index is 1.72. The summed E-state index contributed by atoms with van der Waals surface area (Å²) in [5.41, 5.74) is 1.57. The molecular weight excluding hydrogens is 336 g/mol. The number of fused-ring (bicyclic) bond motifs is 2. The van der Waals surface area contributed by atoms with E-state index in [9.17, 15) is 14.9 Å². The average molecular weight is 350 g/mol. The first-order valence-electron chi connectivity index (χ1n) is 8.05. The number of hydrogen-bond donors (Lipinski definition) is 1. The van der Waals surface area contributed by atoms with E-state index in [1.165, 1.54) is 17.6 Å². The summed E-state index contributed by atoms with van der Waals surface area (Å²) in [6.45, 7) is 0. The van der Waals surface area contributed by atoms with Gasteiger partial charge in [0.25, 0.3) is 5.91 Å². The number of para-hydroxylation sites is 1. The minimum absolute atomic E-state index is 0.0611. The third kappa shape index (κ3) is 2.63. The number of amides is 1. The van der Waals surface area contributed by atoms with Crippen LogP contribution in [-0.2, 0) is 12.8 Å². The van der Waals surface area contributed by atoms with Gasteiger partial charge < -0.3 is 9.73 Å². The lowest BCUT2D eigenvalue weighted by Gasteiger charge is -2.09. The number of nitrogens with zero attached hydrogens (tertiary/aromatic N) is 1. The van der Waals surface area contributed by atoms with Crippen molar-refractivity contribution < 1.29 is 9.21 Å². The van der Waals surface area contributed by atoms with Crippen molar-refractivity contribution in [2.45, 2.75) is 25.7 Å². The number of rotatable bonds is 2. The van der Waals surface area contributed by atoms with Gasteiger partial charge in [-0.05, 0) is 43.4 Å². The highest BCUT2D eigenvalue weighted by Gasteiger charge is 2.23. The Bertz CT molecular complexity index is 1090. The van der Waals surface area contributed by atoms with Crippen molar-refractivity contribution in [3.63, 3.8) is 0 Å². The van der Waals surface area contributed by atoms with Gasteiger partial charge in [-0.3, -0.25) is 9.59 Å². The minimum Gasteiger partial charge on any atom is -0.463 e. The molecule has 1 N–H and O–H groups in total. The molecule has 0 aliphatic heterocycles. The van der Waals surface area contributed by atoms with Crippen LogP contribution in [0.15, 0.2) is 39.7 Å². The summed E-state index contributed by atoms with van der Waals surface area (Å²) in [5, 5.41) is 13.1. The second-order valence-corrected chi connectivity index (χ2v) is 7.06. The van der Waals surface area contributed by atoms with E-state index < -0.39 is 5.91 Å². The van der Waals surface area contributed by atoms with Crippen LogP contribution in [0.1, 0.15) is 39.2 Å². The smallest absolute Gasteiger partial charge is 0.263 e. The van der Waals surface area contributed by atoms with Crippen molar-refractivity contribution in [3.05, 3.63) is 62.3 Å². The first-order chi connectivity index (χ1) is 12.2. The topological polar surface area (TPSA) is 83.1 Å². The normalized spacial score (nSPS) is 13.2. The molecule has 0 unspecified atom stereocenters. The van der Waals surface area contributed by atoms with Gasteiger partial charge in [0.1, 0.15) is 28.5 Å². The molecule has 2 heterocycles. The van der Waals surface area contributed by atoms with Gasteiger partial charge in [-0.2, -0.15) is 5.26 Å². The molecule has 5 nitrogen and oxygen atoms in total. The van der Waals surface area contributed by atoms with Crippen LogP contribution in [0.5, 0.6) is 0 Å². The van der Waals surface area contributed by atoms with Crippen molar-refractivity contribution in [2.24, 2.45) is 0 Å². The van der Waals surface area contributed by atoms with E-state index in [1.54, 1.807) is 24.3 Å². The molecule has 1 aliphatic rings. The van der Waals surface area contributed by atoms with Crippen molar-refractivity contribution in [1.82, 2.24) is 0 Å². The Morgan fingerprint density at radius 3 is 2.88 bits per heavy atom. The van der Waals surface area contributed by atoms with Gasteiger partial charge in [-0.25, -0.2) is 0 Å². The Morgan fingerprint density at radius 1 is 1.24 bits per heavy atom. The standard InChI is InChI=1S/C19H14N2O3S/c20-9-13-11-5-2-4-8-16(11)25-19(13)21-18(23)14-10-24-15-7-3-1-6-12(15)17(14)22/h1,3,6-7,10H,2,4-5,8H2,(H,21,23). The fourth-order valence-corrected chi connectivity index (χ4v) is 4.41. The minimum atomic E-state index is -0.547. The third-order valence-electron chi connectivity index (χ3n) is 4.43. The lowest BCUT2D eigenvalue weighted by molar-refractivity contribution is 0.102. The van der Waals surface area contributed by atoms with E-state index in [0.717, 1.165) is 36.1 Å². The molecule has 0 saturated heterocycles. The zero-order valence-corrected chi connectivity index (χ0v) is 14.1. The Kier molecular flexibility index (Phi) is 3.86. The van der Waals surface area contributed by atoms with E-state index in [0.29, 0.717) is 21.5 Å². The molecule has 1 amide bonds. The molecule has 124 valence electrons. The Morgan fingerprint density at radius 2 is 2.04 bits per heavy atom. The van der Waals surface area contributed by atoms with E-state index in [2.05, 4.69) is 11.4 Å². The van der Waals surface area contributed by atoms with Gasteiger partial charge in [0.15, 0.2) is 0 Å². The van der Waals surface area contributed by atoms with Gasteiger partial charge in [0.05, 0.1) is 10.9 Å². The lowest BCUT2D eigenvalue weighted by Crippen LogP contribution is -2.21. The maximum Gasteiger partial charge on any atom is 0.263 e. The third-order valence-corrected chi connectivity index (χ3v) is 5.64. The average Bonchev–Trinajstić information content (AvgIpc) is 2.99. The van der Waals surface area contributed by atoms with E-state index in [4.69, 9.17) is 4.42 Å². The molecular formula is C19H14N2O3S. The zero-order chi connectivity index (χ0) is 17.4. The van der Waals surface area contributed by atoms with Crippen LogP contribution in [0.25, 0.3) is 11.0 Å². The molecule has 1 aromatic carbocycles. The van der Waals surface area contributed by atoms with Crippen LogP contribution in [0.3, 0.4) is 0 Å². The number of nitriles is 1. The predicted octanol–water partition coefficient (Wildman–Crippen LogP) is 3.86. The Hall–Kier alpha value is -2.91. The number of hydrogen-bond acceptors (Lipinski definition) is 5. The molecule has 3 aromatic rings. The molecule has 0 radical (unpaired) electrons. The quantitative estimate of drug-likeness (QED) is 0.761. The number of benzene rings is 1. The highest BCUT2D eigenvalue weighted by atomic mass is 32.1. The number of carbonyl (C=O) groups is 1. The monoisotopic (exact) mass is 350 g/mol. The molecule has 0 atom stereocenters. The van der Waals surface area contributed by atoms with Gasteiger partial charge in [0.2, 0.25) is 5.43 Å². The number of carbonyl (C=O) groups excluding carboxylic acids is 1. The van der Waals surface area contributed by atoms with E-state index in [-0.39, 0.29) is 11.0 Å². The summed E-state index contributed by atoms with van der Waals surface area (Å²) in [6.07, 6.45) is 5.13. The largest absolute Gasteiger partial charge is 0.463 e. The van der Waals surface area contributed by atoms with Gasteiger partial charge in [0, 0.05) is 4.88 Å². The maximum atomic E-state index is 12.6. The summed E-state index contributed by atoms with van der Waals surface area (Å²) in [5.74, 6) is -0.547. The van der Waals surface area contributed by atoms with Crippen molar-refractivity contribution in [2.75, 3.05) is 5.32 Å². The SMILES string of the molecule is N#Cc1c(NC(=O)c2coc3ccccc3c2=O)sc2c1CCCC2. The summed E-state index contributed by atoms with van der Waals surface area (Å²) < 4.78 is 5.40. The number of aryl methyl sites for hydroxylation is 1. The Labute approximate surface area is 147 Å². The highest BCUT2D eigenvalue weighted by molar-refractivity contribution is 7.16. The number of thiophene rings is 1. The van der Waals surface area contributed by atoms with Crippen molar-refractivity contribution in [3.8, 4) is 6.07 Å². The molecule has 2 aromatic heterocycles. The predicted molar refractivity (Wildman–Crippen MR) is 96.1 cm³/mol. The van der Waals surface area contributed by atoms with Crippen LogP contribution < -0.4 is 10.7 Å². The van der Waals surface area contributed by atoms with Crippen molar-refractivity contribution in [1.29, 1.82) is 5.26 Å². The van der Waals surface area contributed by atoms with Gasteiger partial charge in [-0.1, -0.05) is 12.1 Å². The fourth-order valence-electron chi connectivity index (χ4n) is 3.18. The summed E-state index contributed by atoms with van der Waals surface area (Å²) >= 11 is 1.43. The maximum absolute atomic E-state index is 12.6. The zero-order valence-electron chi connectivity index (χ0n) is 13.3. The van der Waals surface area contributed by atoms with Crippen molar-refractivity contribution >= 4 is 33.2 Å². The van der Waals surface area contributed by atoms with Gasteiger partial charge in [-0.15, -0.1) is 11.3 Å². The van der Waals surface area contributed by atoms with Crippen LogP contribution in [-0.4, -0.2) is 5.91 Å². The van der Waals surface area contributed by atoms with Crippen LogP contribution in [0.2, 0.25) is 0 Å². The molecule has 6 heteroatoms. The molecule has 4 rings (SSSR count).